The van der Waals surface area contributed by atoms with Crippen LogP contribution in [0.1, 0.15) is 17.4 Å². The van der Waals surface area contributed by atoms with E-state index in [0.717, 1.165) is 0 Å². The molecular weight excluding hydrogens is 298 g/mol. The number of carbonyl (C=O) groups is 2. The van der Waals surface area contributed by atoms with Gasteiger partial charge in [-0.2, -0.15) is 0 Å². The van der Waals surface area contributed by atoms with Crippen molar-refractivity contribution in [1.82, 2.24) is 15.3 Å². The molecule has 0 saturated heterocycles. The van der Waals surface area contributed by atoms with Crippen LogP contribution in [0.15, 0.2) is 36.7 Å². The van der Waals surface area contributed by atoms with E-state index in [1.165, 1.54) is 12.4 Å². The normalized spacial score (nSPS) is 9.96. The molecule has 0 radical (unpaired) electrons. The van der Waals surface area contributed by atoms with Crippen molar-refractivity contribution in [3.8, 4) is 5.75 Å². The SMILES string of the molecule is CCNC(=O)COc1ccc(NC(=O)c2nccnc2N)cc1. The van der Waals surface area contributed by atoms with Gasteiger partial charge in [-0.05, 0) is 31.2 Å². The number of aromatic nitrogens is 2. The van der Waals surface area contributed by atoms with Crippen molar-refractivity contribution in [2.24, 2.45) is 0 Å². The molecule has 120 valence electrons. The average molecular weight is 315 g/mol. The van der Waals surface area contributed by atoms with Crippen LogP contribution in [0.5, 0.6) is 5.75 Å². The highest BCUT2D eigenvalue weighted by atomic mass is 16.5. The molecule has 23 heavy (non-hydrogen) atoms. The Kier molecular flexibility index (Phi) is 5.45. The summed E-state index contributed by atoms with van der Waals surface area (Å²) in [4.78, 5) is 31.0. The molecule has 0 saturated carbocycles. The molecule has 2 aromatic rings. The molecule has 0 spiro atoms. The smallest absolute Gasteiger partial charge is 0.278 e. The molecule has 2 amide bonds. The van der Waals surface area contributed by atoms with Gasteiger partial charge in [-0.1, -0.05) is 0 Å². The first-order chi connectivity index (χ1) is 11.1. The minimum Gasteiger partial charge on any atom is -0.484 e. The Morgan fingerprint density at radius 1 is 1.17 bits per heavy atom. The first-order valence-corrected chi connectivity index (χ1v) is 6.97. The molecule has 0 aliphatic carbocycles. The van der Waals surface area contributed by atoms with Gasteiger partial charge in [0.1, 0.15) is 5.75 Å². The average Bonchev–Trinajstić information content (AvgIpc) is 2.55. The van der Waals surface area contributed by atoms with Gasteiger partial charge in [0.2, 0.25) is 0 Å². The maximum Gasteiger partial charge on any atom is 0.278 e. The minimum absolute atomic E-state index is 0.0593. The van der Waals surface area contributed by atoms with Gasteiger partial charge in [-0.15, -0.1) is 0 Å². The molecule has 0 aliphatic rings. The summed E-state index contributed by atoms with van der Waals surface area (Å²) in [7, 11) is 0. The standard InChI is InChI=1S/C15H17N5O3/c1-2-17-12(21)9-23-11-5-3-10(4-6-11)20-15(22)13-14(16)19-8-7-18-13/h3-8H,2,9H2,1H3,(H2,16,19)(H,17,21)(H,20,22). The van der Waals surface area contributed by atoms with Crippen LogP contribution in [0.2, 0.25) is 0 Å². The molecule has 0 fully saturated rings. The van der Waals surface area contributed by atoms with Crippen LogP contribution in [0.25, 0.3) is 0 Å². The van der Waals surface area contributed by atoms with Gasteiger partial charge in [0.15, 0.2) is 18.1 Å². The number of likely N-dealkylation sites (N-methyl/N-ethyl adjacent to an activating group) is 1. The molecule has 0 unspecified atom stereocenters. The number of carbonyl (C=O) groups excluding carboxylic acids is 2. The number of nitrogens with one attached hydrogen (secondary N) is 2. The van der Waals surface area contributed by atoms with E-state index in [1.807, 2.05) is 6.92 Å². The van der Waals surface area contributed by atoms with Crippen molar-refractivity contribution in [1.29, 1.82) is 0 Å². The van der Waals surface area contributed by atoms with E-state index < -0.39 is 5.91 Å². The predicted molar refractivity (Wildman–Crippen MR) is 85.0 cm³/mol. The van der Waals surface area contributed by atoms with Crippen LogP contribution in [0, 0.1) is 0 Å². The first-order valence-electron chi connectivity index (χ1n) is 6.97. The van der Waals surface area contributed by atoms with Crippen molar-refractivity contribution >= 4 is 23.3 Å². The summed E-state index contributed by atoms with van der Waals surface area (Å²) in [5.74, 6) is -0.0604. The fourth-order valence-electron chi connectivity index (χ4n) is 1.75. The molecule has 1 aromatic heterocycles. The highest BCUT2D eigenvalue weighted by Crippen LogP contribution is 2.16. The Bertz CT molecular complexity index is 688. The molecular formula is C15H17N5O3. The minimum atomic E-state index is -0.452. The molecule has 1 aromatic carbocycles. The summed E-state index contributed by atoms with van der Waals surface area (Å²) in [6.45, 7) is 2.33. The number of anilines is 2. The van der Waals surface area contributed by atoms with E-state index in [4.69, 9.17) is 10.5 Å². The zero-order valence-corrected chi connectivity index (χ0v) is 12.6. The molecule has 8 heteroatoms. The third-order valence-electron chi connectivity index (χ3n) is 2.80. The molecule has 1 heterocycles. The van der Waals surface area contributed by atoms with Crippen molar-refractivity contribution < 1.29 is 14.3 Å². The number of ether oxygens (including phenoxy) is 1. The fraction of sp³-hybridized carbons (Fsp3) is 0.200. The second-order valence-electron chi connectivity index (χ2n) is 4.51. The summed E-state index contributed by atoms with van der Waals surface area (Å²) < 4.78 is 5.32. The van der Waals surface area contributed by atoms with Crippen LogP contribution < -0.4 is 21.1 Å². The summed E-state index contributed by atoms with van der Waals surface area (Å²) in [6, 6.07) is 6.60. The van der Waals surface area contributed by atoms with Gasteiger partial charge in [0, 0.05) is 24.6 Å². The lowest BCUT2D eigenvalue weighted by molar-refractivity contribution is -0.122. The molecule has 0 bridgehead atoms. The van der Waals surface area contributed by atoms with E-state index in [-0.39, 0.29) is 24.0 Å². The summed E-state index contributed by atoms with van der Waals surface area (Å²) in [6.07, 6.45) is 2.80. The highest BCUT2D eigenvalue weighted by Gasteiger charge is 2.12. The molecule has 2 rings (SSSR count). The third-order valence-corrected chi connectivity index (χ3v) is 2.80. The number of hydrogen-bond donors (Lipinski definition) is 3. The monoisotopic (exact) mass is 315 g/mol. The van der Waals surface area contributed by atoms with Crippen LogP contribution >= 0.6 is 0 Å². The number of nitrogen functional groups attached to an aromatic ring is 1. The highest BCUT2D eigenvalue weighted by molar-refractivity contribution is 6.05. The summed E-state index contributed by atoms with van der Waals surface area (Å²) in [5, 5.41) is 5.29. The number of benzene rings is 1. The molecule has 8 nitrogen and oxygen atoms in total. The van der Waals surface area contributed by atoms with Gasteiger partial charge < -0.3 is 21.1 Å². The Labute approximate surface area is 133 Å². The molecule has 0 aliphatic heterocycles. The van der Waals surface area contributed by atoms with E-state index in [1.54, 1.807) is 24.3 Å². The van der Waals surface area contributed by atoms with E-state index >= 15 is 0 Å². The predicted octanol–water partition coefficient (Wildman–Crippen LogP) is 0.826. The topological polar surface area (TPSA) is 119 Å². The number of nitrogens with two attached hydrogens (primary N) is 1. The van der Waals surface area contributed by atoms with Crippen molar-refractivity contribution in [2.45, 2.75) is 6.92 Å². The Hall–Kier alpha value is -3.16. The van der Waals surface area contributed by atoms with Crippen LogP contribution in [-0.2, 0) is 4.79 Å². The first kappa shape index (κ1) is 16.2. The number of nitrogens with zero attached hydrogens (tertiary/aromatic N) is 2. The third kappa shape index (κ3) is 4.67. The Morgan fingerprint density at radius 3 is 2.52 bits per heavy atom. The van der Waals surface area contributed by atoms with Gasteiger partial charge in [0.05, 0.1) is 0 Å². The number of rotatable bonds is 6. The van der Waals surface area contributed by atoms with E-state index in [2.05, 4.69) is 20.6 Å². The zero-order valence-electron chi connectivity index (χ0n) is 12.6. The fourth-order valence-corrected chi connectivity index (χ4v) is 1.75. The maximum absolute atomic E-state index is 12.0. The second-order valence-corrected chi connectivity index (χ2v) is 4.51. The van der Waals surface area contributed by atoms with Crippen LogP contribution in [0.4, 0.5) is 11.5 Å². The van der Waals surface area contributed by atoms with E-state index in [0.29, 0.717) is 18.0 Å². The van der Waals surface area contributed by atoms with Crippen molar-refractivity contribution in [2.75, 3.05) is 24.2 Å². The summed E-state index contributed by atoms with van der Waals surface area (Å²) in [5.41, 5.74) is 6.21. The Balaban J connectivity index is 1.93. The largest absolute Gasteiger partial charge is 0.484 e. The van der Waals surface area contributed by atoms with Crippen LogP contribution in [-0.4, -0.2) is 34.9 Å². The number of hydrogen-bond acceptors (Lipinski definition) is 6. The van der Waals surface area contributed by atoms with Crippen molar-refractivity contribution in [3.05, 3.63) is 42.4 Å². The van der Waals surface area contributed by atoms with Gasteiger partial charge >= 0.3 is 0 Å². The Morgan fingerprint density at radius 2 is 1.87 bits per heavy atom. The van der Waals surface area contributed by atoms with Crippen molar-refractivity contribution in [3.63, 3.8) is 0 Å². The van der Waals surface area contributed by atoms with E-state index in [9.17, 15) is 9.59 Å². The summed E-state index contributed by atoms with van der Waals surface area (Å²) >= 11 is 0. The lowest BCUT2D eigenvalue weighted by atomic mass is 10.3. The number of amides is 2. The lowest BCUT2D eigenvalue weighted by Gasteiger charge is -2.08. The lowest BCUT2D eigenvalue weighted by Crippen LogP contribution is -2.28. The van der Waals surface area contributed by atoms with Gasteiger partial charge in [-0.3, -0.25) is 9.59 Å². The van der Waals surface area contributed by atoms with Gasteiger partial charge in [0.25, 0.3) is 11.8 Å². The molecule has 4 N–H and O–H groups in total. The second kappa shape index (κ2) is 7.74. The maximum atomic E-state index is 12.0. The van der Waals surface area contributed by atoms with Crippen LogP contribution in [0.3, 0.4) is 0 Å². The van der Waals surface area contributed by atoms with Gasteiger partial charge in [-0.25, -0.2) is 9.97 Å². The zero-order chi connectivity index (χ0) is 16.7. The quantitative estimate of drug-likeness (QED) is 0.726. The molecule has 0 atom stereocenters.